The lowest BCUT2D eigenvalue weighted by molar-refractivity contribution is -0.169. The molecule has 0 amide bonds. The van der Waals surface area contributed by atoms with E-state index in [2.05, 4.69) is 0 Å². The van der Waals surface area contributed by atoms with E-state index in [1.807, 2.05) is 35.2 Å². The molecule has 1 aromatic rings. The molecule has 2 fully saturated rings. The van der Waals surface area contributed by atoms with Crippen LogP contribution in [0, 0.1) is 0 Å². The molecule has 1 unspecified atom stereocenters. The molecule has 0 radical (unpaired) electrons. The second-order valence-electron chi connectivity index (χ2n) is 5.99. The summed E-state index contributed by atoms with van der Waals surface area (Å²) >= 11 is 0. The maximum atomic E-state index is 14.9. The highest BCUT2D eigenvalue weighted by atomic mass is 19.1. The van der Waals surface area contributed by atoms with Crippen molar-refractivity contribution in [2.24, 2.45) is 0 Å². The molecule has 2 aliphatic heterocycles. The second-order valence-corrected chi connectivity index (χ2v) is 5.99. The van der Waals surface area contributed by atoms with Crippen molar-refractivity contribution >= 4 is 11.8 Å². The van der Waals surface area contributed by atoms with E-state index in [1.54, 1.807) is 6.92 Å². The first-order chi connectivity index (χ1) is 10.6. The van der Waals surface area contributed by atoms with Crippen molar-refractivity contribution in [3.05, 3.63) is 35.9 Å². The van der Waals surface area contributed by atoms with Crippen molar-refractivity contribution in [3.8, 4) is 0 Å². The molecule has 118 valence electrons. The van der Waals surface area contributed by atoms with Gasteiger partial charge in [-0.2, -0.15) is 0 Å². The average Bonchev–Trinajstić information content (AvgIpc) is 2.83. The molecule has 2 heterocycles. The van der Waals surface area contributed by atoms with Gasteiger partial charge in [0.05, 0.1) is 12.6 Å². The van der Waals surface area contributed by atoms with Crippen LogP contribution in [0.1, 0.15) is 31.7 Å². The lowest BCUT2D eigenvalue weighted by Gasteiger charge is -2.39. The molecule has 5 heteroatoms. The average molecular weight is 305 g/mol. The summed E-state index contributed by atoms with van der Waals surface area (Å²) < 4.78 is 19.7. The summed E-state index contributed by atoms with van der Waals surface area (Å²) in [6, 6.07) is 9.21. The molecule has 0 N–H and O–H groups in total. The fourth-order valence-corrected chi connectivity index (χ4v) is 3.59. The summed E-state index contributed by atoms with van der Waals surface area (Å²) in [5, 5.41) is 0. The van der Waals surface area contributed by atoms with Gasteiger partial charge in [-0.05, 0) is 25.3 Å². The van der Waals surface area contributed by atoms with Gasteiger partial charge in [0, 0.05) is 19.0 Å². The highest BCUT2D eigenvalue weighted by Gasteiger charge is 2.60. The monoisotopic (exact) mass is 305 g/mol. The largest absolute Gasteiger partial charge is 0.463 e. The van der Waals surface area contributed by atoms with Gasteiger partial charge < -0.3 is 4.74 Å². The highest BCUT2D eigenvalue weighted by molar-refractivity contribution is 6.10. The van der Waals surface area contributed by atoms with Crippen LogP contribution in [0.15, 0.2) is 30.3 Å². The molecule has 1 aromatic carbocycles. The number of hydrogen-bond donors (Lipinski definition) is 0. The van der Waals surface area contributed by atoms with Crippen LogP contribution in [0.25, 0.3) is 0 Å². The number of piperidine rings is 1. The first kappa shape index (κ1) is 15.2. The maximum absolute atomic E-state index is 14.9. The number of rotatable bonds is 4. The van der Waals surface area contributed by atoms with Crippen molar-refractivity contribution in [1.29, 1.82) is 0 Å². The van der Waals surface area contributed by atoms with Gasteiger partial charge in [-0.15, -0.1) is 0 Å². The highest BCUT2D eigenvalue weighted by Crippen LogP contribution is 2.41. The first-order valence-electron chi connectivity index (χ1n) is 7.76. The van der Waals surface area contributed by atoms with E-state index in [0.717, 1.165) is 12.0 Å². The van der Waals surface area contributed by atoms with E-state index in [-0.39, 0.29) is 19.1 Å². The third kappa shape index (κ3) is 2.43. The maximum Gasteiger partial charge on any atom is 0.351 e. The van der Waals surface area contributed by atoms with Crippen LogP contribution in [0.2, 0.25) is 0 Å². The van der Waals surface area contributed by atoms with Gasteiger partial charge >= 0.3 is 5.97 Å². The van der Waals surface area contributed by atoms with Crippen molar-refractivity contribution in [2.45, 2.75) is 50.5 Å². The Hall–Kier alpha value is -1.75. The smallest absolute Gasteiger partial charge is 0.351 e. The van der Waals surface area contributed by atoms with E-state index >= 15 is 0 Å². The van der Waals surface area contributed by atoms with Gasteiger partial charge in [0.25, 0.3) is 5.67 Å². The second kappa shape index (κ2) is 5.80. The Labute approximate surface area is 129 Å². The van der Waals surface area contributed by atoms with Crippen LogP contribution in [-0.4, -0.2) is 41.0 Å². The summed E-state index contributed by atoms with van der Waals surface area (Å²) in [6.45, 7) is 2.31. The predicted octanol–water partition coefficient (Wildman–Crippen LogP) is 2.26. The summed E-state index contributed by atoms with van der Waals surface area (Å²) in [7, 11) is 0. The molecule has 3 rings (SSSR count). The molecule has 2 bridgehead atoms. The SMILES string of the molecule is CCOC(=O)C1(F)C[C@@H]2CC[C@H](C1=O)N2Cc1ccccc1. The molecule has 0 saturated carbocycles. The molecule has 22 heavy (non-hydrogen) atoms. The van der Waals surface area contributed by atoms with Crippen LogP contribution in [0.5, 0.6) is 0 Å². The van der Waals surface area contributed by atoms with Gasteiger partial charge in [0.1, 0.15) is 0 Å². The Balaban J connectivity index is 1.80. The van der Waals surface area contributed by atoms with Gasteiger partial charge in [-0.25, -0.2) is 9.18 Å². The van der Waals surface area contributed by atoms with Crippen molar-refractivity contribution in [1.82, 2.24) is 4.90 Å². The van der Waals surface area contributed by atoms with Crippen LogP contribution in [-0.2, 0) is 20.9 Å². The number of benzene rings is 1. The van der Waals surface area contributed by atoms with Gasteiger partial charge in [0.15, 0.2) is 5.78 Å². The minimum atomic E-state index is -2.46. The number of carbonyl (C=O) groups is 2. The normalized spacial score (nSPS) is 31.3. The predicted molar refractivity (Wildman–Crippen MR) is 78.9 cm³/mol. The molecule has 4 nitrogen and oxygen atoms in total. The van der Waals surface area contributed by atoms with Gasteiger partial charge in [-0.3, -0.25) is 9.69 Å². The van der Waals surface area contributed by atoms with E-state index in [4.69, 9.17) is 4.74 Å². The zero-order valence-corrected chi connectivity index (χ0v) is 12.6. The van der Waals surface area contributed by atoms with Crippen LogP contribution in [0.3, 0.4) is 0 Å². The zero-order chi connectivity index (χ0) is 15.7. The molecular formula is C17H20FNO3. The number of esters is 1. The number of nitrogens with zero attached hydrogens (tertiary/aromatic N) is 1. The van der Waals surface area contributed by atoms with E-state index in [0.29, 0.717) is 13.0 Å². The van der Waals surface area contributed by atoms with Gasteiger partial charge in [-0.1, -0.05) is 30.3 Å². The number of alkyl halides is 1. The van der Waals surface area contributed by atoms with E-state index < -0.39 is 23.5 Å². The Morgan fingerprint density at radius 2 is 2.09 bits per heavy atom. The molecule has 3 atom stereocenters. The third-order valence-electron chi connectivity index (χ3n) is 4.66. The minimum absolute atomic E-state index is 0.0842. The summed E-state index contributed by atoms with van der Waals surface area (Å²) in [5.41, 5.74) is -1.37. The fraction of sp³-hybridized carbons (Fsp3) is 0.529. The van der Waals surface area contributed by atoms with E-state index in [9.17, 15) is 14.0 Å². The molecule has 2 aliphatic rings. The quantitative estimate of drug-likeness (QED) is 0.632. The number of hydrogen-bond acceptors (Lipinski definition) is 4. The fourth-order valence-electron chi connectivity index (χ4n) is 3.59. The topological polar surface area (TPSA) is 46.6 Å². The van der Waals surface area contributed by atoms with Crippen LogP contribution < -0.4 is 0 Å². The molecule has 2 saturated heterocycles. The number of ketones is 1. The van der Waals surface area contributed by atoms with Crippen molar-refractivity contribution in [3.63, 3.8) is 0 Å². The van der Waals surface area contributed by atoms with Crippen LogP contribution in [0.4, 0.5) is 4.39 Å². The minimum Gasteiger partial charge on any atom is -0.463 e. The number of fused-ring (bicyclic) bond motifs is 2. The molecular weight excluding hydrogens is 285 g/mol. The Bertz CT molecular complexity index is 577. The summed E-state index contributed by atoms with van der Waals surface area (Å²) in [5.74, 6) is -1.65. The lowest BCUT2D eigenvalue weighted by Crippen LogP contribution is -2.59. The molecule has 0 spiro atoms. The third-order valence-corrected chi connectivity index (χ3v) is 4.66. The lowest BCUT2D eigenvalue weighted by atomic mass is 9.86. The van der Waals surface area contributed by atoms with Crippen molar-refractivity contribution in [2.75, 3.05) is 6.61 Å². The molecule has 0 aliphatic carbocycles. The van der Waals surface area contributed by atoms with Crippen molar-refractivity contribution < 1.29 is 18.7 Å². The first-order valence-corrected chi connectivity index (χ1v) is 7.76. The van der Waals surface area contributed by atoms with Crippen LogP contribution >= 0.6 is 0 Å². The Morgan fingerprint density at radius 3 is 2.77 bits per heavy atom. The number of halogens is 1. The summed E-state index contributed by atoms with van der Waals surface area (Å²) in [4.78, 5) is 26.4. The zero-order valence-electron chi connectivity index (χ0n) is 12.6. The molecule has 0 aromatic heterocycles. The van der Waals surface area contributed by atoms with E-state index in [1.165, 1.54) is 0 Å². The Morgan fingerprint density at radius 1 is 1.36 bits per heavy atom. The summed E-state index contributed by atoms with van der Waals surface area (Å²) in [6.07, 6.45) is 1.27. The van der Waals surface area contributed by atoms with Gasteiger partial charge in [0.2, 0.25) is 0 Å². The standard InChI is InChI=1S/C17H20FNO3/c1-2-22-16(21)17(18)10-13-8-9-14(15(17)20)19(13)11-12-6-4-3-5-7-12/h3-7,13-14H,2,8-11H2,1H3/t13-,14+,17?/m0/s1. The number of carbonyl (C=O) groups excluding carboxylic acids is 2. The number of ether oxygens (including phenoxy) is 1. The Kier molecular flexibility index (Phi) is 4.00. The number of Topliss-reactive ketones (excluding diaryl/α,β-unsaturated/α-hetero) is 1.